The molecule has 1 aromatic heterocycles. The zero-order valence-electron chi connectivity index (χ0n) is 17.5. The van der Waals surface area contributed by atoms with Crippen molar-refractivity contribution in [2.45, 2.75) is 17.4 Å². The van der Waals surface area contributed by atoms with Crippen molar-refractivity contribution in [1.29, 1.82) is 0 Å². The zero-order chi connectivity index (χ0) is 23.0. The second kappa shape index (κ2) is 8.91. The van der Waals surface area contributed by atoms with Crippen molar-refractivity contribution < 1.29 is 8.42 Å². The van der Waals surface area contributed by atoms with E-state index in [1.807, 2.05) is 42.6 Å². The number of hydrogen-bond acceptors (Lipinski definition) is 4. The Balaban J connectivity index is 1.32. The number of halogens is 2. The van der Waals surface area contributed by atoms with Crippen LogP contribution in [0, 0.1) is 0 Å². The molecule has 1 saturated heterocycles. The number of nitrogens with zero attached hydrogens (tertiary/aromatic N) is 4. The molecule has 1 atom stereocenters. The zero-order valence-corrected chi connectivity index (χ0v) is 19.8. The standard InChI is InChI=1S/C24H20Cl2N4O2S/c25-22-11-8-19(14-23(22)26)17-6-9-21(10-7-17)33(31,32)29-13-12-20(15-29)30-16-24(27-28-30)18-4-2-1-3-5-18/h1-11,14,16,20H,12-13,15H2. The maximum atomic E-state index is 13.2. The van der Waals surface area contributed by atoms with Crippen LogP contribution in [0.2, 0.25) is 10.0 Å². The molecule has 3 aromatic carbocycles. The molecule has 0 N–H and O–H groups in total. The Hall–Kier alpha value is -2.71. The smallest absolute Gasteiger partial charge is 0.243 e. The first-order chi connectivity index (χ1) is 15.9. The van der Waals surface area contributed by atoms with E-state index in [1.165, 1.54) is 4.31 Å². The van der Waals surface area contributed by atoms with E-state index >= 15 is 0 Å². The van der Waals surface area contributed by atoms with Crippen LogP contribution in [-0.2, 0) is 10.0 Å². The lowest BCUT2D eigenvalue weighted by Gasteiger charge is -2.17. The van der Waals surface area contributed by atoms with Crippen LogP contribution in [0.25, 0.3) is 22.4 Å². The summed E-state index contributed by atoms with van der Waals surface area (Å²) in [6.07, 6.45) is 2.56. The second-order valence-corrected chi connectivity index (χ2v) is 10.7. The molecule has 0 aliphatic carbocycles. The minimum absolute atomic E-state index is 0.0554. The molecule has 6 nitrogen and oxygen atoms in total. The largest absolute Gasteiger partial charge is 0.247 e. The van der Waals surface area contributed by atoms with Gasteiger partial charge in [-0.15, -0.1) is 5.10 Å². The molecule has 9 heteroatoms. The van der Waals surface area contributed by atoms with Crippen molar-refractivity contribution in [2.24, 2.45) is 0 Å². The average molecular weight is 499 g/mol. The van der Waals surface area contributed by atoms with Crippen LogP contribution in [0.3, 0.4) is 0 Å². The summed E-state index contributed by atoms with van der Waals surface area (Å²) < 4.78 is 29.7. The number of sulfonamides is 1. The van der Waals surface area contributed by atoms with Crippen molar-refractivity contribution in [2.75, 3.05) is 13.1 Å². The molecular formula is C24H20Cl2N4O2S. The minimum Gasteiger partial charge on any atom is -0.247 e. The highest BCUT2D eigenvalue weighted by Gasteiger charge is 2.34. The Morgan fingerprint density at radius 3 is 2.30 bits per heavy atom. The van der Waals surface area contributed by atoms with Gasteiger partial charge in [0.2, 0.25) is 10.0 Å². The molecule has 0 bridgehead atoms. The van der Waals surface area contributed by atoms with Crippen molar-refractivity contribution >= 4 is 33.2 Å². The summed E-state index contributed by atoms with van der Waals surface area (Å²) in [6.45, 7) is 0.788. The molecule has 0 saturated carbocycles. The van der Waals surface area contributed by atoms with Crippen molar-refractivity contribution in [1.82, 2.24) is 19.3 Å². The molecule has 2 heterocycles. The predicted molar refractivity (Wildman–Crippen MR) is 130 cm³/mol. The number of benzene rings is 3. The van der Waals surface area contributed by atoms with Crippen LogP contribution in [0.5, 0.6) is 0 Å². The lowest BCUT2D eigenvalue weighted by atomic mass is 10.1. The van der Waals surface area contributed by atoms with E-state index in [9.17, 15) is 8.42 Å². The first-order valence-electron chi connectivity index (χ1n) is 10.4. The van der Waals surface area contributed by atoms with Gasteiger partial charge in [-0.05, 0) is 41.8 Å². The topological polar surface area (TPSA) is 68.1 Å². The van der Waals surface area contributed by atoms with Gasteiger partial charge in [-0.3, -0.25) is 0 Å². The molecular weight excluding hydrogens is 479 g/mol. The van der Waals surface area contributed by atoms with E-state index in [0.717, 1.165) is 22.4 Å². The maximum Gasteiger partial charge on any atom is 0.243 e. The summed E-state index contributed by atoms with van der Waals surface area (Å²) in [5.74, 6) is 0. The van der Waals surface area contributed by atoms with E-state index in [0.29, 0.717) is 29.6 Å². The van der Waals surface area contributed by atoms with Crippen LogP contribution in [0.4, 0.5) is 0 Å². The quantitative estimate of drug-likeness (QED) is 0.361. The Kier molecular flexibility index (Phi) is 5.97. The summed E-state index contributed by atoms with van der Waals surface area (Å²) in [4.78, 5) is 0.260. The van der Waals surface area contributed by atoms with Gasteiger partial charge in [0.05, 0.1) is 27.2 Å². The predicted octanol–water partition coefficient (Wildman–Crippen LogP) is 5.55. The average Bonchev–Trinajstić information content (AvgIpc) is 3.52. The van der Waals surface area contributed by atoms with Crippen LogP contribution < -0.4 is 0 Å². The highest BCUT2D eigenvalue weighted by molar-refractivity contribution is 7.89. The fourth-order valence-corrected chi connectivity index (χ4v) is 5.78. The van der Waals surface area contributed by atoms with Crippen LogP contribution in [0.1, 0.15) is 12.5 Å². The Morgan fingerprint density at radius 1 is 0.848 bits per heavy atom. The summed E-state index contributed by atoms with van der Waals surface area (Å²) in [6, 6.07) is 21.9. The van der Waals surface area contributed by atoms with Gasteiger partial charge in [0.25, 0.3) is 0 Å². The molecule has 4 aromatic rings. The fraction of sp³-hybridized carbons (Fsp3) is 0.167. The Bertz CT molecular complexity index is 1390. The number of rotatable bonds is 5. The maximum absolute atomic E-state index is 13.2. The molecule has 168 valence electrons. The number of hydrogen-bond donors (Lipinski definition) is 0. The first kappa shape index (κ1) is 22.1. The molecule has 5 rings (SSSR count). The Labute approximate surface area is 202 Å². The highest BCUT2D eigenvalue weighted by Crippen LogP contribution is 2.31. The van der Waals surface area contributed by atoms with Gasteiger partial charge in [-0.2, -0.15) is 4.31 Å². The first-order valence-corrected chi connectivity index (χ1v) is 12.6. The molecule has 33 heavy (non-hydrogen) atoms. The van der Waals surface area contributed by atoms with E-state index in [2.05, 4.69) is 10.3 Å². The van der Waals surface area contributed by atoms with Crippen molar-refractivity contribution in [3.05, 3.63) is 89.0 Å². The van der Waals surface area contributed by atoms with E-state index in [-0.39, 0.29) is 10.9 Å². The highest BCUT2D eigenvalue weighted by atomic mass is 35.5. The van der Waals surface area contributed by atoms with Gasteiger partial charge in [0, 0.05) is 18.7 Å². The second-order valence-electron chi connectivity index (χ2n) is 7.91. The molecule has 1 aliphatic heterocycles. The number of aromatic nitrogens is 3. The third-order valence-corrected chi connectivity index (χ3v) is 8.44. The fourth-order valence-electron chi connectivity index (χ4n) is 3.99. The van der Waals surface area contributed by atoms with E-state index < -0.39 is 10.0 Å². The van der Waals surface area contributed by atoms with Gasteiger partial charge in [0.1, 0.15) is 5.69 Å². The van der Waals surface area contributed by atoms with Crippen molar-refractivity contribution in [3.8, 4) is 22.4 Å². The summed E-state index contributed by atoms with van der Waals surface area (Å²) in [7, 11) is -3.61. The van der Waals surface area contributed by atoms with Gasteiger partial charge in [0.15, 0.2) is 0 Å². The van der Waals surface area contributed by atoms with Crippen LogP contribution >= 0.6 is 23.2 Å². The SMILES string of the molecule is O=S(=O)(c1ccc(-c2ccc(Cl)c(Cl)c2)cc1)N1CCC(n2cc(-c3ccccc3)nn2)C1. The van der Waals surface area contributed by atoms with Gasteiger partial charge < -0.3 is 0 Å². The molecule has 0 spiro atoms. The molecule has 0 radical (unpaired) electrons. The molecule has 1 unspecified atom stereocenters. The third kappa shape index (κ3) is 4.42. The van der Waals surface area contributed by atoms with Gasteiger partial charge in [-0.25, -0.2) is 13.1 Å². The normalized spacial score (nSPS) is 16.8. The lowest BCUT2D eigenvalue weighted by Crippen LogP contribution is -2.29. The van der Waals surface area contributed by atoms with E-state index in [1.54, 1.807) is 41.1 Å². The summed E-state index contributed by atoms with van der Waals surface area (Å²) in [5, 5.41) is 9.44. The lowest BCUT2D eigenvalue weighted by molar-refractivity contribution is 0.428. The Morgan fingerprint density at radius 2 is 1.58 bits per heavy atom. The molecule has 1 fully saturated rings. The third-order valence-electron chi connectivity index (χ3n) is 5.83. The van der Waals surface area contributed by atoms with Gasteiger partial charge in [-0.1, -0.05) is 76.9 Å². The van der Waals surface area contributed by atoms with Crippen LogP contribution in [0.15, 0.2) is 83.9 Å². The van der Waals surface area contributed by atoms with Gasteiger partial charge >= 0.3 is 0 Å². The van der Waals surface area contributed by atoms with Crippen molar-refractivity contribution in [3.63, 3.8) is 0 Å². The summed E-state index contributed by atoms with van der Waals surface area (Å²) in [5.41, 5.74) is 3.49. The molecule has 1 aliphatic rings. The minimum atomic E-state index is -3.61. The molecule has 0 amide bonds. The monoisotopic (exact) mass is 498 g/mol. The summed E-state index contributed by atoms with van der Waals surface area (Å²) >= 11 is 12.1. The van der Waals surface area contributed by atoms with Crippen LogP contribution in [-0.4, -0.2) is 40.8 Å². The van der Waals surface area contributed by atoms with E-state index in [4.69, 9.17) is 23.2 Å².